The number of allylic oxidation sites excluding steroid dienone is 6. The van der Waals surface area contributed by atoms with Crippen molar-refractivity contribution in [2.75, 3.05) is 0 Å². The third kappa shape index (κ3) is 4.85. The molecule has 92 valence electrons. The van der Waals surface area contributed by atoms with Crippen molar-refractivity contribution in [1.82, 2.24) is 0 Å². The molecule has 0 aromatic carbocycles. The summed E-state index contributed by atoms with van der Waals surface area (Å²) in [6.07, 6.45) is 14.5. The fourth-order valence-corrected chi connectivity index (χ4v) is 1.47. The molecule has 1 aliphatic carbocycles. The molecule has 0 bridgehead atoms. The summed E-state index contributed by atoms with van der Waals surface area (Å²) in [6.45, 7) is 7.91. The van der Waals surface area contributed by atoms with Crippen LogP contribution in [0, 0.1) is 5.92 Å². The van der Waals surface area contributed by atoms with E-state index in [1.54, 1.807) is 0 Å². The number of hydrogen-bond acceptors (Lipinski definition) is 2. The quantitative estimate of drug-likeness (QED) is 0.377. The smallest absolute Gasteiger partial charge is 0.214 e. The van der Waals surface area contributed by atoms with Crippen LogP contribution in [-0.4, -0.2) is 6.21 Å². The highest BCUT2D eigenvalue weighted by atomic mass is 16.5. The van der Waals surface area contributed by atoms with E-state index in [4.69, 9.17) is 4.74 Å². The van der Waals surface area contributed by atoms with Crippen molar-refractivity contribution in [2.45, 2.75) is 33.1 Å². The van der Waals surface area contributed by atoms with E-state index in [0.717, 1.165) is 25.0 Å². The first-order valence-electron chi connectivity index (χ1n) is 6.16. The van der Waals surface area contributed by atoms with Crippen LogP contribution in [0.3, 0.4) is 0 Å². The SMILES string of the molecule is C=CC/C=C(\N=CCC)OC1=CC=CCC1C. The summed E-state index contributed by atoms with van der Waals surface area (Å²) in [4.78, 5) is 4.31. The normalized spacial score (nSPS) is 20.5. The van der Waals surface area contributed by atoms with Gasteiger partial charge in [0.2, 0.25) is 5.88 Å². The van der Waals surface area contributed by atoms with Crippen molar-refractivity contribution in [3.63, 3.8) is 0 Å². The Labute approximate surface area is 104 Å². The van der Waals surface area contributed by atoms with Crippen molar-refractivity contribution in [2.24, 2.45) is 10.9 Å². The Morgan fingerprint density at radius 2 is 2.47 bits per heavy atom. The number of hydrogen-bond donors (Lipinski definition) is 0. The highest BCUT2D eigenvalue weighted by molar-refractivity contribution is 5.58. The van der Waals surface area contributed by atoms with Gasteiger partial charge in [0.25, 0.3) is 0 Å². The molecule has 0 saturated carbocycles. The molecular weight excluding hydrogens is 210 g/mol. The average Bonchev–Trinajstić information content (AvgIpc) is 2.35. The van der Waals surface area contributed by atoms with Gasteiger partial charge in [0.05, 0.1) is 0 Å². The molecule has 0 heterocycles. The summed E-state index contributed by atoms with van der Waals surface area (Å²) in [5.41, 5.74) is 0. The molecule has 2 nitrogen and oxygen atoms in total. The first kappa shape index (κ1) is 13.5. The van der Waals surface area contributed by atoms with Gasteiger partial charge < -0.3 is 4.74 Å². The summed E-state index contributed by atoms with van der Waals surface area (Å²) in [5.74, 6) is 2.07. The van der Waals surface area contributed by atoms with Crippen LogP contribution in [0.1, 0.15) is 33.1 Å². The molecule has 0 radical (unpaired) electrons. The van der Waals surface area contributed by atoms with E-state index in [1.165, 1.54) is 0 Å². The van der Waals surface area contributed by atoms with Gasteiger partial charge in [-0.15, -0.1) is 6.58 Å². The number of ether oxygens (including phenoxy) is 1. The molecule has 1 unspecified atom stereocenters. The molecule has 0 amide bonds. The van der Waals surface area contributed by atoms with E-state index in [1.807, 2.05) is 30.5 Å². The topological polar surface area (TPSA) is 21.6 Å². The van der Waals surface area contributed by atoms with Gasteiger partial charge in [-0.1, -0.05) is 32.1 Å². The van der Waals surface area contributed by atoms with Crippen molar-refractivity contribution in [1.29, 1.82) is 0 Å². The van der Waals surface area contributed by atoms with Crippen molar-refractivity contribution in [3.8, 4) is 0 Å². The van der Waals surface area contributed by atoms with Gasteiger partial charge >= 0.3 is 0 Å². The predicted molar refractivity (Wildman–Crippen MR) is 73.8 cm³/mol. The number of rotatable bonds is 6. The lowest BCUT2D eigenvalue weighted by Gasteiger charge is -2.17. The van der Waals surface area contributed by atoms with Crippen LogP contribution in [-0.2, 0) is 4.74 Å². The largest absolute Gasteiger partial charge is 0.443 e. The van der Waals surface area contributed by atoms with Crippen LogP contribution < -0.4 is 0 Å². The zero-order chi connectivity index (χ0) is 12.5. The number of aliphatic imine (C=N–C) groups is 1. The summed E-state index contributed by atoms with van der Waals surface area (Å²) in [7, 11) is 0. The first-order chi connectivity index (χ1) is 8.27. The van der Waals surface area contributed by atoms with Gasteiger partial charge in [0.1, 0.15) is 5.76 Å². The molecule has 1 atom stereocenters. The summed E-state index contributed by atoms with van der Waals surface area (Å²) < 4.78 is 5.83. The minimum absolute atomic E-state index is 0.420. The van der Waals surface area contributed by atoms with Gasteiger partial charge in [-0.2, -0.15) is 0 Å². The molecule has 0 aromatic rings. The van der Waals surface area contributed by atoms with Crippen molar-refractivity contribution >= 4 is 6.21 Å². The molecule has 0 fully saturated rings. The van der Waals surface area contributed by atoms with Gasteiger partial charge in [-0.05, 0) is 31.4 Å². The standard InChI is InChI=1S/C15H21NO/c1-4-6-11-15(16-12-5-2)17-14-10-8-7-9-13(14)3/h4,7-8,10-13H,1,5-6,9H2,2-3H3/b15-11+,16-12?. The second-order valence-corrected chi connectivity index (χ2v) is 4.02. The molecule has 0 spiro atoms. The van der Waals surface area contributed by atoms with Gasteiger partial charge in [-0.3, -0.25) is 0 Å². The lowest BCUT2D eigenvalue weighted by atomic mass is 10.0. The Kier molecular flexibility index (Phi) is 6.08. The Morgan fingerprint density at radius 1 is 1.65 bits per heavy atom. The second kappa shape index (κ2) is 7.66. The average molecular weight is 231 g/mol. The zero-order valence-electron chi connectivity index (χ0n) is 10.7. The molecule has 0 saturated heterocycles. The van der Waals surface area contributed by atoms with Gasteiger partial charge in [0.15, 0.2) is 0 Å². The van der Waals surface area contributed by atoms with E-state index in [9.17, 15) is 0 Å². The minimum atomic E-state index is 0.420. The summed E-state index contributed by atoms with van der Waals surface area (Å²) in [6, 6.07) is 0. The third-order valence-electron chi connectivity index (χ3n) is 2.45. The fourth-order valence-electron chi connectivity index (χ4n) is 1.47. The highest BCUT2D eigenvalue weighted by Gasteiger charge is 2.12. The lowest BCUT2D eigenvalue weighted by Crippen LogP contribution is -2.05. The van der Waals surface area contributed by atoms with Crippen LogP contribution in [0.4, 0.5) is 0 Å². The molecule has 17 heavy (non-hydrogen) atoms. The Hall–Kier alpha value is -1.57. The Bertz CT molecular complexity index is 361. The fraction of sp³-hybridized carbons (Fsp3) is 0.400. The first-order valence-corrected chi connectivity index (χ1v) is 6.16. The molecule has 2 heteroatoms. The molecular formula is C15H21NO. The van der Waals surface area contributed by atoms with Gasteiger partial charge in [-0.25, -0.2) is 4.99 Å². The van der Waals surface area contributed by atoms with Crippen LogP contribution in [0.5, 0.6) is 0 Å². The lowest BCUT2D eigenvalue weighted by molar-refractivity contribution is 0.255. The maximum absolute atomic E-state index is 5.83. The van der Waals surface area contributed by atoms with Gasteiger partial charge in [0, 0.05) is 12.1 Å². The van der Waals surface area contributed by atoms with E-state index in [2.05, 4.69) is 31.5 Å². The van der Waals surface area contributed by atoms with Crippen LogP contribution in [0.15, 0.2) is 53.6 Å². The van der Waals surface area contributed by atoms with Crippen molar-refractivity contribution < 1.29 is 4.74 Å². The van der Waals surface area contributed by atoms with E-state index in [0.29, 0.717) is 11.8 Å². The second-order valence-electron chi connectivity index (χ2n) is 4.02. The molecule has 0 aromatic heterocycles. The number of nitrogens with zero attached hydrogens (tertiary/aromatic N) is 1. The molecule has 1 rings (SSSR count). The van der Waals surface area contributed by atoms with E-state index in [-0.39, 0.29) is 0 Å². The summed E-state index contributed by atoms with van der Waals surface area (Å²) >= 11 is 0. The minimum Gasteiger partial charge on any atom is -0.443 e. The monoisotopic (exact) mass is 231 g/mol. The van der Waals surface area contributed by atoms with Crippen LogP contribution >= 0.6 is 0 Å². The van der Waals surface area contributed by atoms with E-state index < -0.39 is 0 Å². The van der Waals surface area contributed by atoms with Crippen molar-refractivity contribution in [3.05, 3.63) is 48.6 Å². The predicted octanol–water partition coefficient (Wildman–Crippen LogP) is 4.38. The highest BCUT2D eigenvalue weighted by Crippen LogP contribution is 2.23. The molecule has 0 aliphatic heterocycles. The maximum atomic E-state index is 5.83. The zero-order valence-corrected chi connectivity index (χ0v) is 10.7. The van der Waals surface area contributed by atoms with Crippen LogP contribution in [0.25, 0.3) is 0 Å². The third-order valence-corrected chi connectivity index (χ3v) is 2.45. The maximum Gasteiger partial charge on any atom is 0.214 e. The Balaban J connectivity index is 2.71. The molecule has 0 N–H and O–H groups in total. The molecule has 1 aliphatic rings. The summed E-state index contributed by atoms with van der Waals surface area (Å²) in [5, 5.41) is 0. The Morgan fingerprint density at radius 3 is 3.12 bits per heavy atom. The van der Waals surface area contributed by atoms with Crippen LogP contribution in [0.2, 0.25) is 0 Å². The van der Waals surface area contributed by atoms with E-state index >= 15 is 0 Å².